The lowest BCUT2D eigenvalue weighted by Gasteiger charge is -2.12. The molecule has 2 aromatic heterocycles. The van der Waals surface area contributed by atoms with E-state index in [0.29, 0.717) is 26.5 Å². The second kappa shape index (κ2) is 8.50. The number of nitrogens with one attached hydrogen (secondary N) is 1. The lowest BCUT2D eigenvalue weighted by Crippen LogP contribution is -2.35. The van der Waals surface area contributed by atoms with Crippen molar-refractivity contribution in [1.29, 1.82) is 0 Å². The van der Waals surface area contributed by atoms with Gasteiger partial charge in [0.25, 0.3) is 5.91 Å². The zero-order valence-electron chi connectivity index (χ0n) is 15.0. The van der Waals surface area contributed by atoms with Crippen molar-refractivity contribution >= 4 is 45.7 Å². The molecule has 7 heteroatoms. The highest BCUT2D eigenvalue weighted by atomic mass is 35.5. The minimum Gasteiger partial charge on any atom is -0.452 e. The molecule has 0 saturated heterocycles. The molecule has 1 amide bonds. The summed E-state index contributed by atoms with van der Waals surface area (Å²) >= 11 is 7.41. The van der Waals surface area contributed by atoms with Gasteiger partial charge in [0.2, 0.25) is 0 Å². The molecule has 3 rings (SSSR count). The van der Waals surface area contributed by atoms with Crippen LogP contribution in [0.15, 0.2) is 42.5 Å². The summed E-state index contributed by atoms with van der Waals surface area (Å²) in [7, 11) is 0. The lowest BCUT2D eigenvalue weighted by atomic mass is 10.1. The largest absolute Gasteiger partial charge is 0.452 e. The number of rotatable bonds is 6. The lowest BCUT2D eigenvalue weighted by molar-refractivity contribution is -0.124. The number of fused-ring (bicyclic) bond motifs is 1. The van der Waals surface area contributed by atoms with E-state index >= 15 is 0 Å². The molecule has 0 unspecified atom stereocenters. The van der Waals surface area contributed by atoms with Crippen LogP contribution in [0.2, 0.25) is 4.34 Å². The van der Waals surface area contributed by atoms with E-state index in [1.807, 2.05) is 44.2 Å². The fraction of sp³-hybridized carbons (Fsp3) is 0.250. The van der Waals surface area contributed by atoms with Crippen LogP contribution in [0, 0.1) is 0 Å². The number of thiophene rings is 1. The summed E-state index contributed by atoms with van der Waals surface area (Å²) in [5.41, 5.74) is 1.69. The van der Waals surface area contributed by atoms with Crippen LogP contribution in [0.4, 0.5) is 0 Å². The van der Waals surface area contributed by atoms with Gasteiger partial charge in [-0.3, -0.25) is 4.79 Å². The highest BCUT2D eigenvalue weighted by molar-refractivity contribution is 7.19. The van der Waals surface area contributed by atoms with Crippen LogP contribution in [-0.4, -0.2) is 29.5 Å². The van der Waals surface area contributed by atoms with Gasteiger partial charge in [0, 0.05) is 11.4 Å². The van der Waals surface area contributed by atoms with Gasteiger partial charge in [0.1, 0.15) is 0 Å². The number of esters is 1. The van der Waals surface area contributed by atoms with Gasteiger partial charge in [-0.1, -0.05) is 36.7 Å². The van der Waals surface area contributed by atoms with Gasteiger partial charge in [0.15, 0.2) is 6.61 Å². The normalized spacial score (nSPS) is 12.0. The summed E-state index contributed by atoms with van der Waals surface area (Å²) in [6.07, 6.45) is 0.807. The molecular weight excluding hydrogens is 384 g/mol. The summed E-state index contributed by atoms with van der Waals surface area (Å²) in [5.74, 6) is -0.877. The van der Waals surface area contributed by atoms with Gasteiger partial charge < -0.3 is 10.1 Å². The molecule has 0 aliphatic carbocycles. The molecule has 0 saturated carbocycles. The first-order valence-corrected chi connectivity index (χ1v) is 9.79. The van der Waals surface area contributed by atoms with E-state index in [1.165, 1.54) is 11.3 Å². The van der Waals surface area contributed by atoms with Crippen molar-refractivity contribution in [3.63, 3.8) is 0 Å². The van der Waals surface area contributed by atoms with E-state index in [2.05, 4.69) is 10.3 Å². The maximum atomic E-state index is 12.7. The van der Waals surface area contributed by atoms with Crippen molar-refractivity contribution in [3.8, 4) is 10.6 Å². The molecule has 1 atom stereocenters. The SMILES string of the molecule is CC[C@@H](C)NC(=O)COC(=O)c1cc(-c2ccc(Cl)s2)nc2ccccc12. The maximum absolute atomic E-state index is 12.7. The van der Waals surface area contributed by atoms with E-state index in [9.17, 15) is 9.59 Å². The summed E-state index contributed by atoms with van der Waals surface area (Å²) in [6.45, 7) is 3.55. The van der Waals surface area contributed by atoms with E-state index in [0.717, 1.165) is 11.3 Å². The smallest absolute Gasteiger partial charge is 0.339 e. The number of carbonyl (C=O) groups is 2. The van der Waals surface area contributed by atoms with Crippen LogP contribution < -0.4 is 5.32 Å². The van der Waals surface area contributed by atoms with Gasteiger partial charge in [-0.05, 0) is 37.6 Å². The third-order valence-electron chi connectivity index (χ3n) is 4.12. The number of amides is 1. The summed E-state index contributed by atoms with van der Waals surface area (Å²) < 4.78 is 5.88. The molecule has 1 aromatic carbocycles. The average molecular weight is 403 g/mol. The molecule has 140 valence electrons. The number of benzene rings is 1. The second-order valence-electron chi connectivity index (χ2n) is 6.13. The molecule has 0 radical (unpaired) electrons. The third-order valence-corrected chi connectivity index (χ3v) is 5.37. The highest BCUT2D eigenvalue weighted by Gasteiger charge is 2.17. The van der Waals surface area contributed by atoms with Gasteiger partial charge in [0.05, 0.1) is 26.0 Å². The topological polar surface area (TPSA) is 68.3 Å². The summed E-state index contributed by atoms with van der Waals surface area (Å²) in [5, 5.41) is 3.45. The van der Waals surface area contributed by atoms with E-state index in [1.54, 1.807) is 12.1 Å². The number of hydrogen-bond acceptors (Lipinski definition) is 5. The number of carbonyl (C=O) groups excluding carboxylic acids is 2. The number of aromatic nitrogens is 1. The quantitative estimate of drug-likeness (QED) is 0.607. The van der Waals surface area contributed by atoms with Crippen LogP contribution >= 0.6 is 22.9 Å². The van der Waals surface area contributed by atoms with Crippen molar-refractivity contribution in [2.24, 2.45) is 0 Å². The van der Waals surface area contributed by atoms with Gasteiger partial charge in [-0.15, -0.1) is 11.3 Å². The Kier molecular flexibility index (Phi) is 6.08. The van der Waals surface area contributed by atoms with Crippen molar-refractivity contribution in [2.75, 3.05) is 6.61 Å². The van der Waals surface area contributed by atoms with Crippen molar-refractivity contribution in [3.05, 3.63) is 52.4 Å². The molecule has 3 aromatic rings. The zero-order valence-corrected chi connectivity index (χ0v) is 16.6. The second-order valence-corrected chi connectivity index (χ2v) is 7.84. The molecule has 1 N–H and O–H groups in total. The first-order valence-electron chi connectivity index (χ1n) is 8.60. The minimum absolute atomic E-state index is 0.0353. The van der Waals surface area contributed by atoms with Gasteiger partial charge in [-0.25, -0.2) is 9.78 Å². The Bertz CT molecular complexity index is 986. The number of halogens is 1. The Morgan fingerprint density at radius 3 is 2.74 bits per heavy atom. The van der Waals surface area contributed by atoms with E-state index in [4.69, 9.17) is 16.3 Å². The Morgan fingerprint density at radius 2 is 2.04 bits per heavy atom. The number of para-hydroxylation sites is 1. The first-order chi connectivity index (χ1) is 13.0. The fourth-order valence-corrected chi connectivity index (χ4v) is 3.55. The maximum Gasteiger partial charge on any atom is 0.339 e. The molecule has 27 heavy (non-hydrogen) atoms. The van der Waals surface area contributed by atoms with Gasteiger partial charge in [-0.2, -0.15) is 0 Å². The Morgan fingerprint density at radius 1 is 1.26 bits per heavy atom. The van der Waals surface area contributed by atoms with Gasteiger partial charge >= 0.3 is 5.97 Å². The minimum atomic E-state index is -0.559. The van der Waals surface area contributed by atoms with Crippen molar-refractivity contribution in [1.82, 2.24) is 10.3 Å². The number of pyridine rings is 1. The number of nitrogens with zero attached hydrogens (tertiary/aromatic N) is 1. The zero-order chi connectivity index (χ0) is 19.4. The molecule has 0 aliphatic heterocycles. The molecule has 0 aliphatic rings. The average Bonchev–Trinajstić information content (AvgIpc) is 3.11. The standard InChI is InChI=1S/C20H19ClN2O3S/c1-3-12(2)22-19(24)11-26-20(25)14-10-16(17-8-9-18(21)27-17)23-15-7-5-4-6-13(14)15/h4-10,12H,3,11H2,1-2H3,(H,22,24)/t12-/m1/s1. The van der Waals surface area contributed by atoms with Crippen LogP contribution in [0.5, 0.6) is 0 Å². The molecular formula is C20H19ClN2O3S. The Balaban J connectivity index is 1.88. The summed E-state index contributed by atoms with van der Waals surface area (Å²) in [4.78, 5) is 30.0. The Hall–Kier alpha value is -2.44. The van der Waals surface area contributed by atoms with Crippen molar-refractivity contribution in [2.45, 2.75) is 26.3 Å². The molecule has 2 heterocycles. The number of ether oxygens (including phenoxy) is 1. The molecule has 0 spiro atoms. The van der Waals surface area contributed by atoms with E-state index < -0.39 is 5.97 Å². The van der Waals surface area contributed by atoms with Crippen LogP contribution in [0.25, 0.3) is 21.5 Å². The summed E-state index contributed by atoms with van der Waals surface area (Å²) in [6, 6.07) is 12.7. The third kappa shape index (κ3) is 4.64. The van der Waals surface area contributed by atoms with Crippen LogP contribution in [-0.2, 0) is 9.53 Å². The van der Waals surface area contributed by atoms with Crippen LogP contribution in [0.1, 0.15) is 30.6 Å². The highest BCUT2D eigenvalue weighted by Crippen LogP contribution is 2.32. The van der Waals surface area contributed by atoms with Crippen molar-refractivity contribution < 1.29 is 14.3 Å². The number of hydrogen-bond donors (Lipinski definition) is 1. The van der Waals surface area contributed by atoms with E-state index in [-0.39, 0.29) is 18.6 Å². The molecule has 5 nitrogen and oxygen atoms in total. The first kappa shape index (κ1) is 19.3. The monoisotopic (exact) mass is 402 g/mol. The molecule has 0 fully saturated rings. The predicted molar refractivity (Wildman–Crippen MR) is 108 cm³/mol. The predicted octanol–water partition coefficient (Wildman–Crippen LogP) is 4.69. The molecule has 0 bridgehead atoms. The fourth-order valence-electron chi connectivity index (χ4n) is 2.55. The Labute approximate surface area is 166 Å². The van der Waals surface area contributed by atoms with Crippen LogP contribution in [0.3, 0.4) is 0 Å².